The van der Waals surface area contributed by atoms with Crippen LogP contribution >= 0.6 is 11.3 Å². The molecule has 0 saturated heterocycles. The minimum absolute atomic E-state index is 0.262. The molecule has 0 aliphatic rings. The summed E-state index contributed by atoms with van der Waals surface area (Å²) in [5.41, 5.74) is 6.15. The average Bonchev–Trinajstić information content (AvgIpc) is 3.33. The van der Waals surface area contributed by atoms with E-state index in [1.807, 2.05) is 66.9 Å². The van der Waals surface area contributed by atoms with Crippen molar-refractivity contribution in [3.8, 4) is 11.3 Å². The Hall–Kier alpha value is -4.03. The second-order valence-electron chi connectivity index (χ2n) is 7.94. The van der Waals surface area contributed by atoms with Gasteiger partial charge in [-0.25, -0.2) is 9.98 Å². The molecule has 5 rings (SSSR count). The number of fused-ring (bicyclic) bond motifs is 1. The third kappa shape index (κ3) is 4.54. The van der Waals surface area contributed by atoms with Gasteiger partial charge in [-0.2, -0.15) is 0 Å². The molecule has 168 valence electrons. The van der Waals surface area contributed by atoms with Crippen molar-refractivity contribution in [3.63, 3.8) is 0 Å². The fraction of sp³-hybridized carbons (Fsp3) is 0.107. The van der Waals surface area contributed by atoms with Crippen molar-refractivity contribution in [2.45, 2.75) is 20.3 Å². The van der Waals surface area contributed by atoms with E-state index in [0.29, 0.717) is 16.3 Å². The number of rotatable bonds is 5. The lowest BCUT2D eigenvalue weighted by molar-refractivity contribution is 0.102. The average molecular weight is 466 g/mol. The Balaban J connectivity index is 1.50. The summed E-state index contributed by atoms with van der Waals surface area (Å²) < 4.78 is 6.06. The van der Waals surface area contributed by atoms with Crippen LogP contribution in [0.15, 0.2) is 93.7 Å². The zero-order valence-electron chi connectivity index (χ0n) is 18.9. The van der Waals surface area contributed by atoms with E-state index in [9.17, 15) is 4.79 Å². The van der Waals surface area contributed by atoms with Crippen LogP contribution in [0, 0.1) is 6.92 Å². The van der Waals surface area contributed by atoms with Crippen molar-refractivity contribution in [3.05, 3.63) is 106 Å². The van der Waals surface area contributed by atoms with Crippen LogP contribution < -0.4 is 10.9 Å². The van der Waals surface area contributed by atoms with E-state index >= 15 is 0 Å². The van der Waals surface area contributed by atoms with Gasteiger partial charge < -0.3 is 4.42 Å². The first kappa shape index (κ1) is 21.8. The molecule has 0 saturated carbocycles. The van der Waals surface area contributed by atoms with Gasteiger partial charge in [0.1, 0.15) is 11.1 Å². The van der Waals surface area contributed by atoms with E-state index < -0.39 is 0 Å². The summed E-state index contributed by atoms with van der Waals surface area (Å²) in [6.45, 7) is 4.11. The lowest BCUT2D eigenvalue weighted by Gasteiger charge is -2.06. The zero-order valence-corrected chi connectivity index (χ0v) is 19.7. The lowest BCUT2D eigenvalue weighted by Crippen LogP contribution is -2.21. The van der Waals surface area contributed by atoms with Crippen molar-refractivity contribution < 1.29 is 9.21 Å². The molecule has 3 aromatic carbocycles. The topological polar surface area (TPSA) is 67.5 Å². The highest BCUT2D eigenvalue weighted by atomic mass is 32.1. The molecule has 0 fully saturated rings. The fourth-order valence-corrected chi connectivity index (χ4v) is 4.37. The highest BCUT2D eigenvalue weighted by Crippen LogP contribution is 2.26. The third-order valence-corrected chi connectivity index (χ3v) is 6.38. The van der Waals surface area contributed by atoms with Gasteiger partial charge >= 0.3 is 0 Å². The van der Waals surface area contributed by atoms with Crippen LogP contribution in [0.1, 0.15) is 28.4 Å². The quantitative estimate of drug-likeness (QED) is 0.307. The molecule has 0 atom stereocenters. The first-order chi connectivity index (χ1) is 16.6. The Morgan fingerprint density at radius 1 is 1.03 bits per heavy atom. The SMILES string of the molecule is CCc1ccc(-c2csc(NC(=O)c3cc4ccccc4oc3=Nc3ccccc3C)n2)cc1. The zero-order chi connectivity index (χ0) is 23.5. The Morgan fingerprint density at radius 2 is 1.79 bits per heavy atom. The molecule has 0 aliphatic carbocycles. The maximum atomic E-state index is 13.3. The van der Waals surface area contributed by atoms with Gasteiger partial charge in [-0.05, 0) is 42.7 Å². The second kappa shape index (κ2) is 9.45. The van der Waals surface area contributed by atoms with Crippen molar-refractivity contribution in [1.82, 2.24) is 4.98 Å². The number of aromatic nitrogens is 1. The lowest BCUT2D eigenvalue weighted by atomic mass is 10.1. The minimum atomic E-state index is -0.316. The molecule has 1 N–H and O–H groups in total. The van der Waals surface area contributed by atoms with E-state index in [1.54, 1.807) is 0 Å². The molecule has 0 aliphatic heterocycles. The predicted molar refractivity (Wildman–Crippen MR) is 137 cm³/mol. The number of carbonyl (C=O) groups excluding carboxylic acids is 1. The fourth-order valence-electron chi connectivity index (χ4n) is 3.65. The van der Waals surface area contributed by atoms with Gasteiger partial charge in [-0.3, -0.25) is 10.1 Å². The number of nitrogens with one attached hydrogen (secondary N) is 1. The number of thiazole rings is 1. The highest BCUT2D eigenvalue weighted by Gasteiger charge is 2.15. The number of aryl methyl sites for hydroxylation is 2. The molecule has 34 heavy (non-hydrogen) atoms. The van der Waals surface area contributed by atoms with Gasteiger partial charge in [0, 0.05) is 16.3 Å². The number of para-hydroxylation sites is 2. The van der Waals surface area contributed by atoms with E-state index in [0.717, 1.165) is 34.3 Å². The summed E-state index contributed by atoms with van der Waals surface area (Å²) in [5, 5.41) is 6.22. The van der Waals surface area contributed by atoms with Gasteiger partial charge in [0.25, 0.3) is 5.91 Å². The Labute approximate surface area is 201 Å². The smallest absolute Gasteiger partial charge is 0.262 e. The van der Waals surface area contributed by atoms with Gasteiger partial charge in [-0.15, -0.1) is 11.3 Å². The van der Waals surface area contributed by atoms with Crippen LogP contribution in [0.4, 0.5) is 10.8 Å². The van der Waals surface area contributed by atoms with Crippen molar-refractivity contribution in [1.29, 1.82) is 0 Å². The van der Waals surface area contributed by atoms with Crippen LogP contribution in [-0.4, -0.2) is 10.9 Å². The van der Waals surface area contributed by atoms with Crippen molar-refractivity contribution in [2.75, 3.05) is 5.32 Å². The Morgan fingerprint density at radius 3 is 2.59 bits per heavy atom. The van der Waals surface area contributed by atoms with Gasteiger partial charge in [-0.1, -0.05) is 67.6 Å². The summed E-state index contributed by atoms with van der Waals surface area (Å²) in [4.78, 5) is 22.6. The molecule has 0 spiro atoms. The maximum Gasteiger partial charge on any atom is 0.262 e. The molecule has 0 unspecified atom stereocenters. The number of anilines is 1. The Kier molecular flexibility index (Phi) is 6.06. The molecule has 5 aromatic rings. The van der Waals surface area contributed by atoms with Gasteiger partial charge in [0.2, 0.25) is 5.55 Å². The first-order valence-corrected chi connectivity index (χ1v) is 12.0. The van der Waals surface area contributed by atoms with E-state index in [2.05, 4.69) is 46.5 Å². The summed E-state index contributed by atoms with van der Waals surface area (Å²) in [6.07, 6.45) is 0.991. The first-order valence-electron chi connectivity index (χ1n) is 11.1. The van der Waals surface area contributed by atoms with Gasteiger partial charge in [0.15, 0.2) is 5.13 Å². The van der Waals surface area contributed by atoms with E-state index in [1.165, 1.54) is 16.9 Å². The molecule has 6 heteroatoms. The van der Waals surface area contributed by atoms with Crippen LogP contribution in [-0.2, 0) is 6.42 Å². The van der Waals surface area contributed by atoms with Crippen LogP contribution in [0.5, 0.6) is 0 Å². The third-order valence-electron chi connectivity index (χ3n) is 5.62. The predicted octanol–water partition coefficient (Wildman–Crippen LogP) is 6.91. The molecule has 5 nitrogen and oxygen atoms in total. The van der Waals surface area contributed by atoms with E-state index in [4.69, 9.17) is 4.42 Å². The van der Waals surface area contributed by atoms with Crippen LogP contribution in [0.25, 0.3) is 22.2 Å². The second-order valence-corrected chi connectivity index (χ2v) is 8.80. The minimum Gasteiger partial charge on any atom is -0.438 e. The summed E-state index contributed by atoms with van der Waals surface area (Å²) in [5.74, 6) is -0.316. The number of hydrogen-bond acceptors (Lipinski definition) is 5. The standard InChI is InChI=1S/C28H23N3O2S/c1-3-19-12-14-20(15-13-19)24-17-34-28(30-24)31-26(32)22-16-21-9-5-7-11-25(21)33-27(22)29-23-10-6-4-8-18(23)2/h4-17H,3H2,1-2H3,(H,30,31,32). The molecule has 1 amide bonds. The number of benzene rings is 3. The molecular formula is C28H23N3O2S. The highest BCUT2D eigenvalue weighted by molar-refractivity contribution is 7.14. The van der Waals surface area contributed by atoms with Crippen LogP contribution in [0.2, 0.25) is 0 Å². The van der Waals surface area contributed by atoms with Gasteiger partial charge in [0.05, 0.1) is 11.4 Å². The number of nitrogens with zero attached hydrogens (tertiary/aromatic N) is 2. The van der Waals surface area contributed by atoms with Crippen molar-refractivity contribution >= 4 is 39.0 Å². The summed E-state index contributed by atoms with van der Waals surface area (Å²) in [7, 11) is 0. The molecule has 0 radical (unpaired) electrons. The summed E-state index contributed by atoms with van der Waals surface area (Å²) >= 11 is 1.39. The van der Waals surface area contributed by atoms with Crippen molar-refractivity contribution in [2.24, 2.45) is 4.99 Å². The van der Waals surface area contributed by atoms with E-state index in [-0.39, 0.29) is 11.5 Å². The summed E-state index contributed by atoms with van der Waals surface area (Å²) in [6, 6.07) is 25.5. The molecular weight excluding hydrogens is 442 g/mol. The van der Waals surface area contributed by atoms with Crippen LogP contribution in [0.3, 0.4) is 0 Å². The molecule has 2 heterocycles. The Bertz CT molecular complexity index is 1550. The number of hydrogen-bond donors (Lipinski definition) is 1. The maximum absolute atomic E-state index is 13.3. The molecule has 2 aromatic heterocycles. The normalized spacial score (nSPS) is 11.6. The monoisotopic (exact) mass is 465 g/mol. The molecule has 0 bridgehead atoms. The number of carbonyl (C=O) groups is 1. The number of amides is 1. The largest absolute Gasteiger partial charge is 0.438 e.